The molecule has 1 saturated heterocycles. The molecule has 0 spiro atoms. The van der Waals surface area contributed by atoms with Crippen LogP contribution < -0.4 is 4.90 Å². The topological polar surface area (TPSA) is 57.6 Å². The Balaban J connectivity index is 1.71. The van der Waals surface area contributed by atoms with Gasteiger partial charge in [-0.05, 0) is 73.6 Å². The molecule has 1 N–H and O–H groups in total. The van der Waals surface area contributed by atoms with E-state index in [0.717, 1.165) is 36.8 Å². The van der Waals surface area contributed by atoms with E-state index < -0.39 is 17.7 Å². The maximum absolute atomic E-state index is 13.3. The first-order valence-electron chi connectivity index (χ1n) is 11.3. The molecule has 1 aliphatic heterocycles. The molecule has 0 saturated carbocycles. The van der Waals surface area contributed by atoms with Gasteiger partial charge in [-0.2, -0.15) is 0 Å². The number of halogens is 2. The number of carbonyl (C=O) groups is 2. The molecule has 3 aromatic carbocycles. The van der Waals surface area contributed by atoms with Gasteiger partial charge in [0.05, 0.1) is 21.7 Å². The lowest BCUT2D eigenvalue weighted by atomic mass is 9.88. The lowest BCUT2D eigenvalue weighted by molar-refractivity contribution is -0.132. The molecule has 0 radical (unpaired) electrons. The molecule has 1 fully saturated rings. The molecular formula is C28H23Cl2NO3. The van der Waals surface area contributed by atoms with E-state index in [9.17, 15) is 14.7 Å². The molecule has 34 heavy (non-hydrogen) atoms. The number of fused-ring (bicyclic) bond motifs is 1. The second-order valence-electron chi connectivity index (χ2n) is 8.87. The highest BCUT2D eigenvalue weighted by Gasteiger charge is 2.47. The third kappa shape index (κ3) is 3.91. The van der Waals surface area contributed by atoms with Gasteiger partial charge < -0.3 is 5.11 Å². The number of anilines is 1. The van der Waals surface area contributed by atoms with Gasteiger partial charge in [0, 0.05) is 11.3 Å². The van der Waals surface area contributed by atoms with Crippen molar-refractivity contribution in [2.75, 3.05) is 4.90 Å². The van der Waals surface area contributed by atoms with Gasteiger partial charge in [-0.15, -0.1) is 0 Å². The van der Waals surface area contributed by atoms with Crippen molar-refractivity contribution in [3.05, 3.63) is 104 Å². The van der Waals surface area contributed by atoms with Crippen molar-refractivity contribution in [1.82, 2.24) is 0 Å². The van der Waals surface area contributed by atoms with Crippen molar-refractivity contribution >= 4 is 46.3 Å². The predicted octanol–water partition coefficient (Wildman–Crippen LogP) is 6.81. The standard InChI is InChI=1S/C28H23Cl2NO3/c1-16-5-4-8-19(13-16)25-24(26(32)20-10-9-17-6-2-3-7-18(17)14-20)27(33)28(34)31(25)21-11-12-22(29)23(30)15-21/h4-5,8-15,25,32H,2-3,6-7H2,1H3/b26-24-. The van der Waals surface area contributed by atoms with Gasteiger partial charge in [-0.3, -0.25) is 14.5 Å². The normalized spacial score (nSPS) is 19.4. The summed E-state index contributed by atoms with van der Waals surface area (Å²) < 4.78 is 0. The maximum atomic E-state index is 13.3. The van der Waals surface area contributed by atoms with Crippen LogP contribution in [0.1, 0.15) is 46.7 Å². The zero-order chi connectivity index (χ0) is 24.0. The number of benzene rings is 3. The average Bonchev–Trinajstić information content (AvgIpc) is 3.10. The molecule has 1 unspecified atom stereocenters. The molecule has 1 heterocycles. The van der Waals surface area contributed by atoms with Gasteiger partial charge in [0.2, 0.25) is 0 Å². The predicted molar refractivity (Wildman–Crippen MR) is 136 cm³/mol. The van der Waals surface area contributed by atoms with Crippen molar-refractivity contribution in [2.24, 2.45) is 0 Å². The van der Waals surface area contributed by atoms with Crippen LogP contribution in [0.5, 0.6) is 0 Å². The number of aliphatic hydroxyl groups is 1. The summed E-state index contributed by atoms with van der Waals surface area (Å²) in [6.07, 6.45) is 4.21. The largest absolute Gasteiger partial charge is 0.507 e. The maximum Gasteiger partial charge on any atom is 0.300 e. The molecule has 0 bridgehead atoms. The molecule has 5 rings (SSSR count). The Morgan fingerprint density at radius 1 is 0.912 bits per heavy atom. The molecule has 3 aromatic rings. The molecule has 6 heteroatoms. The van der Waals surface area contributed by atoms with Crippen molar-refractivity contribution in [3.63, 3.8) is 0 Å². The number of carbonyl (C=O) groups excluding carboxylic acids is 2. The molecule has 1 aliphatic carbocycles. The number of amides is 1. The summed E-state index contributed by atoms with van der Waals surface area (Å²) in [5.41, 5.74) is 5.21. The number of rotatable bonds is 3. The van der Waals surface area contributed by atoms with E-state index in [4.69, 9.17) is 23.2 Å². The summed E-state index contributed by atoms with van der Waals surface area (Å²) in [5, 5.41) is 12.0. The number of aliphatic hydroxyl groups excluding tert-OH is 1. The quantitative estimate of drug-likeness (QED) is 0.248. The average molecular weight is 492 g/mol. The highest BCUT2D eigenvalue weighted by Crippen LogP contribution is 2.43. The number of nitrogens with zero attached hydrogens (tertiary/aromatic N) is 1. The summed E-state index contributed by atoms with van der Waals surface area (Å²) >= 11 is 12.3. The van der Waals surface area contributed by atoms with Crippen molar-refractivity contribution in [3.8, 4) is 0 Å². The first kappa shape index (κ1) is 22.7. The van der Waals surface area contributed by atoms with E-state index in [1.54, 1.807) is 18.2 Å². The fourth-order valence-corrected chi connectivity index (χ4v) is 5.22. The van der Waals surface area contributed by atoms with Gasteiger partial charge in [-0.1, -0.05) is 65.2 Å². The monoisotopic (exact) mass is 491 g/mol. The Kier molecular flexibility index (Phi) is 5.97. The fraction of sp³-hybridized carbons (Fsp3) is 0.214. The number of aryl methyl sites for hydroxylation is 3. The Morgan fingerprint density at radius 2 is 1.68 bits per heavy atom. The van der Waals surface area contributed by atoms with Crippen LogP contribution in [0.3, 0.4) is 0 Å². The van der Waals surface area contributed by atoms with Gasteiger partial charge >= 0.3 is 0 Å². The SMILES string of the molecule is Cc1cccc(C2/C(=C(/O)c3ccc4c(c3)CCCC4)C(=O)C(=O)N2c2ccc(Cl)c(Cl)c2)c1. The van der Waals surface area contributed by atoms with Gasteiger partial charge in [0.15, 0.2) is 0 Å². The molecule has 172 valence electrons. The Bertz CT molecular complexity index is 1360. The smallest absolute Gasteiger partial charge is 0.300 e. The van der Waals surface area contributed by atoms with Crippen LogP contribution in [0, 0.1) is 6.92 Å². The van der Waals surface area contributed by atoms with Crippen LogP contribution in [0.25, 0.3) is 5.76 Å². The van der Waals surface area contributed by atoms with E-state index in [-0.39, 0.29) is 16.4 Å². The minimum absolute atomic E-state index is 0.0671. The van der Waals surface area contributed by atoms with Gasteiger partial charge in [0.1, 0.15) is 5.76 Å². The van der Waals surface area contributed by atoms with Crippen LogP contribution in [0.4, 0.5) is 5.69 Å². The molecule has 4 nitrogen and oxygen atoms in total. The summed E-state index contributed by atoms with van der Waals surface area (Å²) in [7, 11) is 0. The van der Waals surface area contributed by atoms with Crippen molar-refractivity contribution in [2.45, 2.75) is 38.6 Å². The second kappa shape index (κ2) is 8.94. The Hall–Kier alpha value is -3.08. The molecule has 1 atom stereocenters. The minimum atomic E-state index is -0.798. The zero-order valence-electron chi connectivity index (χ0n) is 18.6. The van der Waals surface area contributed by atoms with E-state index in [0.29, 0.717) is 16.3 Å². The van der Waals surface area contributed by atoms with E-state index in [1.807, 2.05) is 49.4 Å². The van der Waals surface area contributed by atoms with Crippen molar-refractivity contribution < 1.29 is 14.7 Å². The second-order valence-corrected chi connectivity index (χ2v) is 9.69. The Labute approximate surface area is 208 Å². The molecule has 2 aliphatic rings. The summed E-state index contributed by atoms with van der Waals surface area (Å²) in [6, 6.07) is 17.4. The number of hydrogen-bond donors (Lipinski definition) is 1. The van der Waals surface area contributed by atoms with E-state index in [1.165, 1.54) is 16.0 Å². The molecule has 1 amide bonds. The first-order valence-corrected chi connectivity index (χ1v) is 12.1. The van der Waals surface area contributed by atoms with Crippen molar-refractivity contribution in [1.29, 1.82) is 0 Å². The van der Waals surface area contributed by atoms with Crippen LogP contribution in [0.15, 0.2) is 66.2 Å². The van der Waals surface area contributed by atoms with Crippen LogP contribution in [-0.2, 0) is 22.4 Å². The summed E-state index contributed by atoms with van der Waals surface area (Å²) in [5.74, 6) is -1.61. The minimum Gasteiger partial charge on any atom is -0.507 e. The zero-order valence-corrected chi connectivity index (χ0v) is 20.2. The number of hydrogen-bond acceptors (Lipinski definition) is 3. The van der Waals surface area contributed by atoms with E-state index >= 15 is 0 Å². The first-order chi connectivity index (χ1) is 16.3. The van der Waals surface area contributed by atoms with Crippen LogP contribution in [-0.4, -0.2) is 16.8 Å². The third-order valence-electron chi connectivity index (χ3n) is 6.61. The van der Waals surface area contributed by atoms with Gasteiger partial charge in [-0.25, -0.2) is 0 Å². The van der Waals surface area contributed by atoms with E-state index in [2.05, 4.69) is 0 Å². The number of ketones is 1. The highest BCUT2D eigenvalue weighted by molar-refractivity contribution is 6.52. The van der Waals surface area contributed by atoms with Crippen LogP contribution in [0.2, 0.25) is 10.0 Å². The van der Waals surface area contributed by atoms with Crippen LogP contribution >= 0.6 is 23.2 Å². The lowest BCUT2D eigenvalue weighted by Gasteiger charge is -2.26. The number of Topliss-reactive ketones (excluding diaryl/α,β-unsaturated/α-hetero) is 1. The highest BCUT2D eigenvalue weighted by atomic mass is 35.5. The van der Waals surface area contributed by atoms with Gasteiger partial charge in [0.25, 0.3) is 11.7 Å². The third-order valence-corrected chi connectivity index (χ3v) is 7.34. The lowest BCUT2D eigenvalue weighted by Crippen LogP contribution is -2.29. The Morgan fingerprint density at radius 3 is 2.41 bits per heavy atom. The summed E-state index contributed by atoms with van der Waals surface area (Å²) in [4.78, 5) is 28.0. The molecule has 0 aromatic heterocycles. The fourth-order valence-electron chi connectivity index (χ4n) is 4.93. The summed E-state index contributed by atoms with van der Waals surface area (Å²) in [6.45, 7) is 1.94. The molecular weight excluding hydrogens is 469 g/mol.